The highest BCUT2D eigenvalue weighted by molar-refractivity contribution is 5.86. The molecule has 0 aliphatic heterocycles. The molecule has 0 heterocycles. The van der Waals surface area contributed by atoms with Crippen LogP contribution in [-0.2, 0) is 9.59 Å². The molecular weight excluding hydrogens is 220 g/mol. The van der Waals surface area contributed by atoms with E-state index < -0.39 is 5.97 Å². The Kier molecular flexibility index (Phi) is 8.05. The molecule has 0 saturated heterocycles. The minimum atomic E-state index is -0.892. The predicted octanol–water partition coefficient (Wildman–Crippen LogP) is 0.865. The van der Waals surface area contributed by atoms with Gasteiger partial charge in [0.2, 0.25) is 5.91 Å². The number of hydrogen-bond acceptors (Lipinski definition) is 3. The Morgan fingerprint density at radius 3 is 2.47 bits per heavy atom. The number of carbonyl (C=O) groups excluding carboxylic acids is 1. The third-order valence-electron chi connectivity index (χ3n) is 2.29. The summed E-state index contributed by atoms with van der Waals surface area (Å²) in [4.78, 5) is 23.9. The second-order valence-electron chi connectivity index (χ2n) is 3.93. The minimum absolute atomic E-state index is 0.0314. The highest BCUT2D eigenvalue weighted by Crippen LogP contribution is 2.00. The number of nitrogens with one attached hydrogen (secondary N) is 1. The van der Waals surface area contributed by atoms with E-state index in [1.54, 1.807) is 24.9 Å². The first-order chi connectivity index (χ1) is 8.01. The molecule has 1 amide bonds. The Labute approximate surface area is 102 Å². The van der Waals surface area contributed by atoms with Gasteiger partial charge in [-0.15, -0.1) is 0 Å². The van der Waals surface area contributed by atoms with Crippen molar-refractivity contribution in [2.75, 3.05) is 26.7 Å². The van der Waals surface area contributed by atoms with Gasteiger partial charge in [0, 0.05) is 18.7 Å². The fourth-order valence-corrected chi connectivity index (χ4v) is 1.28. The van der Waals surface area contributed by atoms with E-state index in [2.05, 4.69) is 5.32 Å². The molecule has 98 valence electrons. The molecular formula is C12H22N2O3. The second kappa shape index (κ2) is 8.75. The van der Waals surface area contributed by atoms with Crippen molar-refractivity contribution in [3.05, 3.63) is 11.6 Å². The summed E-state index contributed by atoms with van der Waals surface area (Å²) in [6, 6.07) is 0. The number of carboxylic acids is 1. The molecule has 0 saturated carbocycles. The molecule has 0 spiro atoms. The zero-order chi connectivity index (χ0) is 13.3. The normalized spacial score (nSPS) is 11.6. The maximum Gasteiger partial charge on any atom is 0.331 e. The van der Waals surface area contributed by atoms with Gasteiger partial charge in [0.05, 0.1) is 6.54 Å². The van der Waals surface area contributed by atoms with Gasteiger partial charge in [-0.25, -0.2) is 4.79 Å². The molecule has 0 aliphatic carbocycles. The molecule has 0 aromatic carbocycles. The number of rotatable bonds is 8. The first kappa shape index (κ1) is 15.6. The van der Waals surface area contributed by atoms with Crippen molar-refractivity contribution in [3.8, 4) is 0 Å². The summed E-state index contributed by atoms with van der Waals surface area (Å²) in [6.07, 6.45) is 3.05. The number of likely N-dealkylation sites (N-methyl/N-ethyl adjacent to an activating group) is 1. The van der Waals surface area contributed by atoms with Gasteiger partial charge in [0.15, 0.2) is 0 Å². The lowest BCUT2D eigenvalue weighted by atomic mass is 10.2. The Balaban J connectivity index is 4.04. The molecule has 0 aliphatic rings. The third-order valence-corrected chi connectivity index (χ3v) is 2.29. The Bertz CT molecular complexity index is 287. The summed E-state index contributed by atoms with van der Waals surface area (Å²) in [7, 11) is 1.79. The summed E-state index contributed by atoms with van der Waals surface area (Å²) in [5.74, 6) is -0.924. The molecule has 0 bridgehead atoms. The topological polar surface area (TPSA) is 69.6 Å². The molecule has 0 atom stereocenters. The molecule has 0 aromatic rings. The number of carbonyl (C=O) groups is 2. The van der Waals surface area contributed by atoms with E-state index in [1.807, 2.05) is 6.92 Å². The smallest absolute Gasteiger partial charge is 0.331 e. The van der Waals surface area contributed by atoms with Gasteiger partial charge >= 0.3 is 5.97 Å². The van der Waals surface area contributed by atoms with Crippen molar-refractivity contribution < 1.29 is 14.7 Å². The lowest BCUT2D eigenvalue weighted by Gasteiger charge is -2.14. The van der Waals surface area contributed by atoms with Crippen molar-refractivity contribution in [1.82, 2.24) is 10.2 Å². The average molecular weight is 242 g/mol. The molecule has 5 heteroatoms. The Hall–Kier alpha value is -1.36. The summed E-state index contributed by atoms with van der Waals surface area (Å²) in [5.41, 5.74) is 0.380. The number of amides is 1. The maximum absolute atomic E-state index is 11.4. The van der Waals surface area contributed by atoms with E-state index >= 15 is 0 Å². The minimum Gasteiger partial charge on any atom is -0.478 e. The average Bonchev–Trinajstić information content (AvgIpc) is 2.26. The summed E-state index contributed by atoms with van der Waals surface area (Å²) >= 11 is 0. The third kappa shape index (κ3) is 7.52. The molecule has 0 aromatic heterocycles. The van der Waals surface area contributed by atoms with Crippen LogP contribution in [-0.4, -0.2) is 48.6 Å². The molecule has 5 nitrogen and oxygen atoms in total. The van der Waals surface area contributed by atoms with Crippen LogP contribution in [0.1, 0.15) is 26.7 Å². The fourth-order valence-electron chi connectivity index (χ4n) is 1.28. The zero-order valence-electron chi connectivity index (χ0n) is 10.8. The fraction of sp³-hybridized carbons (Fsp3) is 0.667. The molecule has 17 heavy (non-hydrogen) atoms. The van der Waals surface area contributed by atoms with E-state index in [0.717, 1.165) is 6.42 Å². The largest absolute Gasteiger partial charge is 0.478 e. The van der Waals surface area contributed by atoms with Crippen LogP contribution in [0.25, 0.3) is 0 Å². The van der Waals surface area contributed by atoms with Crippen molar-refractivity contribution >= 4 is 11.9 Å². The van der Waals surface area contributed by atoms with E-state index in [0.29, 0.717) is 25.1 Å². The molecule has 2 N–H and O–H groups in total. The number of hydrogen-bond donors (Lipinski definition) is 2. The van der Waals surface area contributed by atoms with Crippen LogP contribution >= 0.6 is 0 Å². The molecule has 0 rings (SSSR count). The van der Waals surface area contributed by atoms with Crippen LogP contribution < -0.4 is 5.32 Å². The zero-order valence-corrected chi connectivity index (χ0v) is 10.8. The van der Waals surface area contributed by atoms with Gasteiger partial charge in [0.1, 0.15) is 0 Å². The standard InChI is InChI=1S/C12H22N2O3/c1-4-7-13-11(15)9-14(3)8-6-10(5-2)12(16)17/h6H,4-5,7-9H2,1-3H3,(H,13,15)(H,16,17). The first-order valence-electron chi connectivity index (χ1n) is 5.88. The van der Waals surface area contributed by atoms with Gasteiger partial charge in [-0.05, 0) is 19.9 Å². The predicted molar refractivity (Wildman–Crippen MR) is 66.8 cm³/mol. The highest BCUT2D eigenvalue weighted by atomic mass is 16.4. The molecule has 0 unspecified atom stereocenters. The number of aliphatic carboxylic acids is 1. The molecule has 0 fully saturated rings. The van der Waals surface area contributed by atoms with Crippen LogP contribution in [0.2, 0.25) is 0 Å². The lowest BCUT2D eigenvalue weighted by Crippen LogP contribution is -2.35. The monoisotopic (exact) mass is 242 g/mol. The second-order valence-corrected chi connectivity index (χ2v) is 3.93. The van der Waals surface area contributed by atoms with Crippen LogP contribution in [0.15, 0.2) is 11.6 Å². The first-order valence-corrected chi connectivity index (χ1v) is 5.88. The number of nitrogens with zero attached hydrogens (tertiary/aromatic N) is 1. The van der Waals surface area contributed by atoms with Crippen molar-refractivity contribution in [3.63, 3.8) is 0 Å². The maximum atomic E-state index is 11.4. The summed E-state index contributed by atoms with van der Waals surface area (Å²) in [5, 5.41) is 11.6. The van der Waals surface area contributed by atoms with E-state index in [-0.39, 0.29) is 12.5 Å². The SMILES string of the molecule is CCCNC(=O)CN(C)CC=C(CC)C(=O)O. The lowest BCUT2D eigenvalue weighted by molar-refractivity contribution is -0.132. The van der Waals surface area contributed by atoms with Crippen molar-refractivity contribution in [2.24, 2.45) is 0 Å². The van der Waals surface area contributed by atoms with E-state index in [9.17, 15) is 9.59 Å². The van der Waals surface area contributed by atoms with Gasteiger partial charge in [0.25, 0.3) is 0 Å². The van der Waals surface area contributed by atoms with Crippen LogP contribution in [0, 0.1) is 0 Å². The van der Waals surface area contributed by atoms with Gasteiger partial charge in [-0.1, -0.05) is 19.9 Å². The highest BCUT2D eigenvalue weighted by Gasteiger charge is 2.07. The van der Waals surface area contributed by atoms with Crippen LogP contribution in [0.4, 0.5) is 0 Å². The van der Waals surface area contributed by atoms with E-state index in [1.165, 1.54) is 0 Å². The summed E-state index contributed by atoms with van der Waals surface area (Å²) in [6.45, 7) is 5.22. The van der Waals surface area contributed by atoms with Crippen molar-refractivity contribution in [1.29, 1.82) is 0 Å². The van der Waals surface area contributed by atoms with Gasteiger partial charge < -0.3 is 10.4 Å². The van der Waals surface area contributed by atoms with Crippen LogP contribution in [0.3, 0.4) is 0 Å². The molecule has 0 radical (unpaired) electrons. The van der Waals surface area contributed by atoms with Crippen LogP contribution in [0.5, 0.6) is 0 Å². The Morgan fingerprint density at radius 1 is 1.35 bits per heavy atom. The Morgan fingerprint density at radius 2 is 2.00 bits per heavy atom. The van der Waals surface area contributed by atoms with Gasteiger partial charge in [-0.2, -0.15) is 0 Å². The number of carboxylic acid groups (broad SMARTS) is 1. The summed E-state index contributed by atoms with van der Waals surface area (Å²) < 4.78 is 0. The van der Waals surface area contributed by atoms with E-state index in [4.69, 9.17) is 5.11 Å². The van der Waals surface area contributed by atoms with Gasteiger partial charge in [-0.3, -0.25) is 9.69 Å². The van der Waals surface area contributed by atoms with Crippen molar-refractivity contribution in [2.45, 2.75) is 26.7 Å². The quantitative estimate of drug-likeness (QED) is 0.620.